The van der Waals surface area contributed by atoms with Crippen molar-refractivity contribution < 1.29 is 27.9 Å². The van der Waals surface area contributed by atoms with E-state index in [4.69, 9.17) is 4.74 Å². The van der Waals surface area contributed by atoms with E-state index in [2.05, 4.69) is 41.0 Å². The lowest BCUT2D eigenvalue weighted by atomic mass is 9.82. The van der Waals surface area contributed by atoms with Crippen molar-refractivity contribution in [2.45, 2.75) is 107 Å². The van der Waals surface area contributed by atoms with E-state index in [9.17, 15) is 18.8 Å². The number of halogens is 2. The Morgan fingerprint density at radius 2 is 1.56 bits per heavy atom. The summed E-state index contributed by atoms with van der Waals surface area (Å²) in [5, 5.41) is 12.2. The zero-order valence-electron chi connectivity index (χ0n) is 32.5. The number of piperidine rings is 2. The van der Waals surface area contributed by atoms with Gasteiger partial charge in [0.25, 0.3) is 0 Å². The van der Waals surface area contributed by atoms with Gasteiger partial charge in [-0.15, -0.1) is 0 Å². The van der Waals surface area contributed by atoms with Gasteiger partial charge < -0.3 is 30.5 Å². The van der Waals surface area contributed by atoms with Gasteiger partial charge >= 0.3 is 0 Å². The minimum Gasteiger partial charge on any atom is -0.378 e. The number of hydrogen-bond acceptors (Lipinski definition) is 10. The van der Waals surface area contributed by atoms with Gasteiger partial charge in [-0.05, 0) is 119 Å². The van der Waals surface area contributed by atoms with Crippen LogP contribution in [-0.4, -0.2) is 96.1 Å². The van der Waals surface area contributed by atoms with Gasteiger partial charge in [-0.3, -0.25) is 19.7 Å². The van der Waals surface area contributed by atoms with Crippen LogP contribution in [0.4, 0.5) is 26.1 Å². The van der Waals surface area contributed by atoms with Crippen molar-refractivity contribution in [3.05, 3.63) is 65.9 Å². The molecular weight excluding hydrogens is 731 g/mol. The van der Waals surface area contributed by atoms with Gasteiger partial charge in [0, 0.05) is 60.5 Å². The maximum Gasteiger partial charge on any atom is 0.249 e. The largest absolute Gasteiger partial charge is 0.378 e. The van der Waals surface area contributed by atoms with E-state index in [1.54, 1.807) is 0 Å². The fraction of sp³-hybridized carbons (Fsp3) is 0.558. The molecule has 3 amide bonds. The number of benzene rings is 2. The number of nitrogens with zero attached hydrogens (tertiary/aromatic N) is 4. The number of imide groups is 1. The molecule has 2 aliphatic carbocycles. The Bertz CT molecular complexity index is 1900. The molecule has 5 fully saturated rings. The van der Waals surface area contributed by atoms with Gasteiger partial charge in [0.15, 0.2) is 5.82 Å². The average molecular weight is 785 g/mol. The van der Waals surface area contributed by atoms with Gasteiger partial charge in [0.05, 0.1) is 19.4 Å². The summed E-state index contributed by atoms with van der Waals surface area (Å²) in [5.41, 5.74) is 3.28. The van der Waals surface area contributed by atoms with Crippen molar-refractivity contribution in [3.8, 4) is 11.3 Å². The van der Waals surface area contributed by atoms with Crippen LogP contribution in [0, 0.1) is 17.6 Å². The standard InChI is InChI=1S/C43H54F2N8O4/c44-36-25-32(47-38-14-15-39(54)50-42(38)56)10-13-35(36)27-16-18-52(19-17-27)33-11-4-28(5-12-33)41(55)48-30-6-8-31(9-7-30)49-43-46-26-37(45)40(51-43)29-2-1-3-34(24-29)53-20-22-57-23-21-53/h1-3,10,13,24-28,30-31,33,38,47H,4-9,11-12,14-23H2,(H,48,55)(H,46,49,51)(H,50,54,56). The van der Waals surface area contributed by atoms with Gasteiger partial charge in [-0.25, -0.2) is 18.7 Å². The number of morpholine rings is 1. The van der Waals surface area contributed by atoms with Crippen LogP contribution < -0.4 is 26.2 Å². The predicted molar refractivity (Wildman–Crippen MR) is 214 cm³/mol. The second-order valence-electron chi connectivity index (χ2n) is 16.4. The van der Waals surface area contributed by atoms with Crippen LogP contribution in [0.3, 0.4) is 0 Å². The molecule has 0 bridgehead atoms. The van der Waals surface area contributed by atoms with Crippen molar-refractivity contribution >= 4 is 35.0 Å². The van der Waals surface area contributed by atoms with Gasteiger partial charge in [0.1, 0.15) is 17.6 Å². The summed E-state index contributed by atoms with van der Waals surface area (Å²) in [5.74, 6) is -0.613. The topological polar surface area (TPSA) is 141 Å². The molecule has 304 valence electrons. The minimum absolute atomic E-state index is 0.0313. The van der Waals surface area contributed by atoms with Gasteiger partial charge in [-0.1, -0.05) is 18.2 Å². The average Bonchev–Trinajstić information content (AvgIpc) is 3.24. The first-order valence-corrected chi connectivity index (χ1v) is 20.9. The van der Waals surface area contributed by atoms with Crippen LogP contribution in [0.25, 0.3) is 11.3 Å². The number of aromatic nitrogens is 2. The van der Waals surface area contributed by atoms with Crippen molar-refractivity contribution in [3.63, 3.8) is 0 Å². The van der Waals surface area contributed by atoms with Crippen molar-refractivity contribution in [1.82, 2.24) is 25.5 Å². The van der Waals surface area contributed by atoms with Gasteiger partial charge in [0.2, 0.25) is 23.7 Å². The van der Waals surface area contributed by atoms with Crippen LogP contribution in [0.2, 0.25) is 0 Å². The molecule has 8 rings (SSSR count). The molecule has 1 aromatic heterocycles. The molecular formula is C43H54F2N8O4. The third-order valence-electron chi connectivity index (χ3n) is 12.8. The van der Waals surface area contributed by atoms with E-state index < -0.39 is 11.9 Å². The summed E-state index contributed by atoms with van der Waals surface area (Å²) in [6, 6.07) is 13.1. The second kappa shape index (κ2) is 17.8. The predicted octanol–water partition coefficient (Wildman–Crippen LogP) is 5.75. The molecule has 1 unspecified atom stereocenters. The molecule has 3 saturated heterocycles. The van der Waals surface area contributed by atoms with Crippen LogP contribution in [0.15, 0.2) is 48.7 Å². The smallest absolute Gasteiger partial charge is 0.249 e. The Morgan fingerprint density at radius 1 is 0.807 bits per heavy atom. The summed E-state index contributed by atoms with van der Waals surface area (Å²) in [6.07, 6.45) is 10.9. The highest BCUT2D eigenvalue weighted by Crippen LogP contribution is 2.36. The SMILES string of the molecule is O=C1CCC(Nc2ccc(C3CCN(C4CCC(C(=O)NC5CCC(Nc6ncc(F)c(-c7cccc(N8CCOCC8)c7)n6)CC5)CC4)CC3)c(F)c2)C(=O)N1. The lowest BCUT2D eigenvalue weighted by Gasteiger charge is -2.41. The van der Waals surface area contributed by atoms with Crippen molar-refractivity contribution in [1.29, 1.82) is 0 Å². The Balaban J connectivity index is 0.750. The minimum atomic E-state index is -0.544. The van der Waals surface area contributed by atoms with Crippen LogP contribution in [-0.2, 0) is 19.1 Å². The van der Waals surface area contributed by atoms with E-state index >= 15 is 4.39 Å². The summed E-state index contributed by atoms with van der Waals surface area (Å²) in [4.78, 5) is 50.5. The number of likely N-dealkylation sites (tertiary alicyclic amines) is 1. The van der Waals surface area contributed by atoms with E-state index in [-0.39, 0.29) is 59.6 Å². The van der Waals surface area contributed by atoms with Crippen molar-refractivity contribution in [2.75, 3.05) is 54.9 Å². The van der Waals surface area contributed by atoms with E-state index in [0.717, 1.165) is 96.1 Å². The summed E-state index contributed by atoms with van der Waals surface area (Å²) >= 11 is 0. The summed E-state index contributed by atoms with van der Waals surface area (Å²) in [7, 11) is 0. The lowest BCUT2D eigenvalue weighted by molar-refractivity contribution is -0.133. The molecule has 57 heavy (non-hydrogen) atoms. The van der Waals surface area contributed by atoms with E-state index in [1.807, 2.05) is 36.4 Å². The molecule has 5 aliphatic rings. The Labute approximate surface area is 332 Å². The highest BCUT2D eigenvalue weighted by molar-refractivity contribution is 6.01. The molecule has 1 atom stereocenters. The molecule has 4 N–H and O–H groups in total. The molecule has 0 spiro atoms. The number of rotatable bonds is 10. The first-order valence-electron chi connectivity index (χ1n) is 20.9. The molecule has 4 heterocycles. The molecule has 12 nitrogen and oxygen atoms in total. The number of hydrogen-bond donors (Lipinski definition) is 4. The molecule has 3 aromatic rings. The van der Waals surface area contributed by atoms with E-state index in [0.29, 0.717) is 48.4 Å². The quantitative estimate of drug-likeness (QED) is 0.188. The highest BCUT2D eigenvalue weighted by atomic mass is 19.1. The van der Waals surface area contributed by atoms with Crippen LogP contribution in [0.5, 0.6) is 0 Å². The summed E-state index contributed by atoms with van der Waals surface area (Å²) < 4.78 is 35.7. The Hall–Kier alpha value is -4.69. The Morgan fingerprint density at radius 3 is 2.30 bits per heavy atom. The van der Waals surface area contributed by atoms with Crippen LogP contribution in [0.1, 0.15) is 88.5 Å². The zero-order valence-corrected chi connectivity index (χ0v) is 32.5. The first kappa shape index (κ1) is 39.2. The zero-order chi connectivity index (χ0) is 39.3. The maximum absolute atomic E-state index is 15.3. The van der Waals surface area contributed by atoms with E-state index in [1.165, 1.54) is 12.3 Å². The fourth-order valence-corrected chi connectivity index (χ4v) is 9.45. The first-order chi connectivity index (χ1) is 27.8. The number of carbonyl (C=O) groups is 3. The molecule has 3 aliphatic heterocycles. The number of amides is 3. The maximum atomic E-state index is 15.3. The third kappa shape index (κ3) is 9.55. The van der Waals surface area contributed by atoms with Crippen LogP contribution >= 0.6 is 0 Å². The molecule has 14 heteroatoms. The molecule has 2 aromatic carbocycles. The lowest BCUT2D eigenvalue weighted by Crippen LogP contribution is -2.47. The molecule has 0 radical (unpaired) electrons. The summed E-state index contributed by atoms with van der Waals surface area (Å²) in [6.45, 7) is 4.77. The number of nitrogens with one attached hydrogen (secondary N) is 4. The number of carbonyl (C=O) groups excluding carboxylic acids is 3. The highest BCUT2D eigenvalue weighted by Gasteiger charge is 2.34. The monoisotopic (exact) mass is 784 g/mol. The normalized spacial score (nSPS) is 26.4. The number of anilines is 3. The fourth-order valence-electron chi connectivity index (χ4n) is 9.45. The number of ether oxygens (including phenoxy) is 1. The van der Waals surface area contributed by atoms with Crippen molar-refractivity contribution in [2.24, 2.45) is 5.92 Å². The Kier molecular flexibility index (Phi) is 12.3. The van der Waals surface area contributed by atoms with Gasteiger partial charge in [-0.2, -0.15) is 0 Å². The second-order valence-corrected chi connectivity index (χ2v) is 16.4. The molecule has 2 saturated carbocycles. The third-order valence-corrected chi connectivity index (χ3v) is 12.8.